The van der Waals surface area contributed by atoms with Gasteiger partial charge in [-0.25, -0.2) is 0 Å². The van der Waals surface area contributed by atoms with Crippen LogP contribution in [0.15, 0.2) is 6.20 Å². The monoisotopic (exact) mass is 293 g/mol. The van der Waals surface area contributed by atoms with Crippen molar-refractivity contribution in [2.75, 3.05) is 19.7 Å². The maximum atomic E-state index is 12.6. The number of rotatable bonds is 3. The smallest absolute Gasteiger partial charge is 0.306 e. The Morgan fingerprint density at radius 3 is 3.05 bits per heavy atom. The van der Waals surface area contributed by atoms with Crippen LogP contribution in [0.25, 0.3) is 0 Å². The molecule has 21 heavy (non-hydrogen) atoms. The van der Waals surface area contributed by atoms with Gasteiger partial charge in [0.1, 0.15) is 0 Å². The summed E-state index contributed by atoms with van der Waals surface area (Å²) in [5.41, 5.74) is 1.67. The molecule has 7 heteroatoms. The van der Waals surface area contributed by atoms with Crippen LogP contribution in [0.1, 0.15) is 35.3 Å². The van der Waals surface area contributed by atoms with E-state index in [1.165, 1.54) is 0 Å². The molecule has 0 spiro atoms. The fraction of sp³-hybridized carbons (Fsp3) is 0.643. The molecule has 2 aliphatic rings. The van der Waals surface area contributed by atoms with Crippen LogP contribution >= 0.6 is 0 Å². The minimum atomic E-state index is -0.905. The summed E-state index contributed by atoms with van der Waals surface area (Å²) in [6.07, 6.45) is 4.20. The zero-order valence-electron chi connectivity index (χ0n) is 11.8. The third-order valence-electron chi connectivity index (χ3n) is 4.04. The topological polar surface area (TPSA) is 84.7 Å². The molecule has 1 fully saturated rings. The first-order valence-corrected chi connectivity index (χ1v) is 7.32. The summed E-state index contributed by atoms with van der Waals surface area (Å²) in [7, 11) is 0. The molecule has 1 aromatic heterocycles. The minimum absolute atomic E-state index is 0.0585. The second-order valence-corrected chi connectivity index (χ2v) is 5.53. The third-order valence-corrected chi connectivity index (χ3v) is 4.04. The number of fused-ring (bicyclic) bond motifs is 1. The van der Waals surface area contributed by atoms with Crippen molar-refractivity contribution in [3.63, 3.8) is 0 Å². The van der Waals surface area contributed by atoms with Gasteiger partial charge in [-0.15, -0.1) is 0 Å². The Morgan fingerprint density at radius 2 is 2.24 bits per heavy atom. The van der Waals surface area contributed by atoms with E-state index in [0.717, 1.165) is 31.5 Å². The van der Waals surface area contributed by atoms with Crippen molar-refractivity contribution in [3.8, 4) is 0 Å². The average molecular weight is 293 g/mol. The summed E-state index contributed by atoms with van der Waals surface area (Å²) >= 11 is 0. The number of aromatic nitrogens is 2. The molecule has 114 valence electrons. The number of carboxylic acids is 1. The fourth-order valence-corrected chi connectivity index (χ4v) is 2.99. The predicted octanol–water partition coefficient (Wildman–Crippen LogP) is 0.535. The van der Waals surface area contributed by atoms with Crippen LogP contribution in [0.3, 0.4) is 0 Å². The second kappa shape index (κ2) is 5.85. The number of ether oxygens (including phenoxy) is 1. The lowest BCUT2D eigenvalue weighted by molar-refractivity contribution is -0.141. The number of aryl methyl sites for hydroxylation is 1. The lowest BCUT2D eigenvalue weighted by atomic mass is 10.1. The van der Waals surface area contributed by atoms with Gasteiger partial charge in [0.25, 0.3) is 5.91 Å². The molecule has 1 aromatic rings. The molecule has 1 unspecified atom stereocenters. The van der Waals surface area contributed by atoms with Gasteiger partial charge in [-0.1, -0.05) is 0 Å². The van der Waals surface area contributed by atoms with Crippen molar-refractivity contribution in [2.45, 2.75) is 38.3 Å². The molecule has 0 radical (unpaired) electrons. The lowest BCUT2D eigenvalue weighted by Crippen LogP contribution is -2.46. The van der Waals surface area contributed by atoms with E-state index < -0.39 is 12.1 Å². The molecule has 1 amide bonds. The SMILES string of the molecule is O=C(O)CC1CN(C(=O)c2cnn3c2CCCC3)CCO1. The third kappa shape index (κ3) is 2.92. The first kappa shape index (κ1) is 14.1. The van der Waals surface area contributed by atoms with Crippen molar-refractivity contribution in [2.24, 2.45) is 0 Å². The van der Waals surface area contributed by atoms with Crippen LogP contribution in [-0.4, -0.2) is 57.5 Å². The highest BCUT2D eigenvalue weighted by Crippen LogP contribution is 2.21. The highest BCUT2D eigenvalue weighted by Gasteiger charge is 2.29. The highest BCUT2D eigenvalue weighted by molar-refractivity contribution is 5.95. The summed E-state index contributed by atoms with van der Waals surface area (Å²) in [4.78, 5) is 25.1. The standard InChI is InChI=1S/C14H19N3O4/c18-13(19)7-10-9-16(5-6-21-10)14(20)11-8-15-17-4-2-1-3-12(11)17/h8,10H,1-7,9H2,(H,18,19). The number of nitrogens with zero attached hydrogens (tertiary/aromatic N) is 3. The Kier molecular flexibility index (Phi) is 3.92. The van der Waals surface area contributed by atoms with Crippen molar-refractivity contribution >= 4 is 11.9 Å². The fourth-order valence-electron chi connectivity index (χ4n) is 2.99. The van der Waals surface area contributed by atoms with E-state index in [0.29, 0.717) is 25.3 Å². The van der Waals surface area contributed by atoms with Crippen LogP contribution in [0, 0.1) is 0 Å². The van der Waals surface area contributed by atoms with Crippen LogP contribution in [0.5, 0.6) is 0 Å². The Bertz CT molecular complexity index is 554. The molecule has 0 saturated carbocycles. The number of hydrogen-bond donors (Lipinski definition) is 1. The molecular weight excluding hydrogens is 274 g/mol. The van der Waals surface area contributed by atoms with Gasteiger partial charge in [-0.05, 0) is 19.3 Å². The molecule has 0 aromatic carbocycles. The van der Waals surface area contributed by atoms with E-state index in [-0.39, 0.29) is 12.3 Å². The van der Waals surface area contributed by atoms with Gasteiger partial charge in [-0.2, -0.15) is 5.10 Å². The Labute approximate surface area is 122 Å². The number of carbonyl (C=O) groups excluding carboxylic acids is 1. The zero-order valence-corrected chi connectivity index (χ0v) is 11.8. The van der Waals surface area contributed by atoms with Crippen LogP contribution in [-0.2, 0) is 22.5 Å². The molecule has 1 N–H and O–H groups in total. The Hall–Kier alpha value is -1.89. The minimum Gasteiger partial charge on any atom is -0.481 e. The number of carbonyl (C=O) groups is 2. The van der Waals surface area contributed by atoms with Crippen molar-refractivity contribution in [3.05, 3.63) is 17.5 Å². The maximum absolute atomic E-state index is 12.6. The molecule has 7 nitrogen and oxygen atoms in total. The second-order valence-electron chi connectivity index (χ2n) is 5.53. The van der Waals surface area contributed by atoms with E-state index in [4.69, 9.17) is 9.84 Å². The zero-order chi connectivity index (χ0) is 14.8. The number of carboxylic acid groups (broad SMARTS) is 1. The molecule has 1 atom stereocenters. The van der Waals surface area contributed by atoms with Crippen LogP contribution < -0.4 is 0 Å². The quantitative estimate of drug-likeness (QED) is 0.879. The first-order valence-electron chi connectivity index (χ1n) is 7.32. The molecule has 1 saturated heterocycles. The van der Waals surface area contributed by atoms with Crippen molar-refractivity contribution in [1.82, 2.24) is 14.7 Å². The number of morpholine rings is 1. The van der Waals surface area contributed by atoms with E-state index in [9.17, 15) is 9.59 Å². The first-order chi connectivity index (χ1) is 10.1. The van der Waals surface area contributed by atoms with Gasteiger partial charge in [0.2, 0.25) is 0 Å². The summed E-state index contributed by atoms with van der Waals surface area (Å²) in [5, 5.41) is 13.1. The normalized spacial score (nSPS) is 21.9. The number of hydrogen-bond acceptors (Lipinski definition) is 4. The summed E-state index contributed by atoms with van der Waals surface area (Å²) in [5.74, 6) is -0.964. The highest BCUT2D eigenvalue weighted by atomic mass is 16.5. The Morgan fingerprint density at radius 1 is 1.38 bits per heavy atom. The largest absolute Gasteiger partial charge is 0.481 e. The average Bonchev–Trinajstić information content (AvgIpc) is 2.90. The molecule has 0 aliphatic carbocycles. The predicted molar refractivity (Wildman–Crippen MR) is 73.1 cm³/mol. The van der Waals surface area contributed by atoms with Crippen molar-refractivity contribution < 1.29 is 19.4 Å². The molecule has 3 rings (SSSR count). The van der Waals surface area contributed by atoms with Gasteiger partial charge < -0.3 is 14.7 Å². The summed E-state index contributed by atoms with van der Waals surface area (Å²) in [6.45, 7) is 2.08. The van der Waals surface area contributed by atoms with Gasteiger partial charge in [0, 0.05) is 19.6 Å². The summed E-state index contributed by atoms with van der Waals surface area (Å²) in [6, 6.07) is 0. The van der Waals surface area contributed by atoms with Crippen LogP contribution in [0.4, 0.5) is 0 Å². The van der Waals surface area contributed by atoms with Gasteiger partial charge in [0.05, 0.1) is 36.6 Å². The van der Waals surface area contributed by atoms with Crippen LogP contribution in [0.2, 0.25) is 0 Å². The van der Waals surface area contributed by atoms with E-state index in [2.05, 4.69) is 5.10 Å². The molecule has 2 aliphatic heterocycles. The summed E-state index contributed by atoms with van der Waals surface area (Å²) < 4.78 is 7.31. The molecule has 3 heterocycles. The van der Waals surface area contributed by atoms with Gasteiger partial charge >= 0.3 is 5.97 Å². The van der Waals surface area contributed by atoms with Gasteiger partial charge in [0.15, 0.2) is 0 Å². The number of aliphatic carboxylic acids is 1. The molecular formula is C14H19N3O4. The lowest BCUT2D eigenvalue weighted by Gasteiger charge is -2.32. The van der Waals surface area contributed by atoms with E-state index >= 15 is 0 Å². The number of amides is 1. The van der Waals surface area contributed by atoms with Gasteiger partial charge in [-0.3, -0.25) is 14.3 Å². The van der Waals surface area contributed by atoms with E-state index in [1.807, 2.05) is 4.68 Å². The van der Waals surface area contributed by atoms with Crippen molar-refractivity contribution in [1.29, 1.82) is 0 Å². The maximum Gasteiger partial charge on any atom is 0.306 e. The molecule has 0 bridgehead atoms. The Balaban J connectivity index is 1.72. The van der Waals surface area contributed by atoms with E-state index in [1.54, 1.807) is 11.1 Å².